The quantitative estimate of drug-likeness (QED) is 0.203. The van der Waals surface area contributed by atoms with Crippen LogP contribution in [0, 0.1) is 6.92 Å². The molecule has 32 heavy (non-hydrogen) atoms. The number of anilines is 1. The number of phosphoric acid groups is 1. The zero-order valence-electron chi connectivity index (χ0n) is 17.9. The molecular weight excluding hydrogens is 471 g/mol. The maximum Gasteiger partial charge on any atom is 1.00 e. The zero-order valence-corrected chi connectivity index (χ0v) is 22.8. The van der Waals surface area contributed by atoms with Crippen LogP contribution in [0.5, 0.6) is 5.75 Å². The van der Waals surface area contributed by atoms with Crippen LogP contribution in [0.25, 0.3) is 0 Å². The predicted molar refractivity (Wildman–Crippen MR) is 98.1 cm³/mol. The zero-order chi connectivity index (χ0) is 22.2. The van der Waals surface area contributed by atoms with Crippen LogP contribution in [-0.2, 0) is 13.8 Å². The third-order valence-corrected chi connectivity index (χ3v) is 5.04. The summed E-state index contributed by atoms with van der Waals surface area (Å²) >= 11 is 0. The van der Waals surface area contributed by atoms with E-state index in [4.69, 9.17) is 9.47 Å². The number of ether oxygens (including phenoxy) is 2. The standard InChI is InChI=1S/C16H20N3O10P.2Na/c1-3-27-14-11(12(20)13(14)21)17-8-4-10(29-9(8)6-28-30(24,25)26)19-5-7(2)15(22)18-16(19)23;;/h5,8-10,17H,3-4,6H2,1-2H3,(H,18,22,23)(H2,24,25,26);;/q;2*+1/p-2/t8-,9+,10+;;/m0../s1. The molecule has 13 nitrogen and oxygen atoms in total. The maximum atomic E-state index is 12.1. The molecule has 2 N–H and O–H groups in total. The van der Waals surface area contributed by atoms with Gasteiger partial charge in [-0.25, -0.2) is 4.79 Å². The number of phosphoric ester groups is 1. The summed E-state index contributed by atoms with van der Waals surface area (Å²) in [6.45, 7) is 2.55. The van der Waals surface area contributed by atoms with Crippen molar-refractivity contribution < 1.29 is 87.5 Å². The van der Waals surface area contributed by atoms with Crippen molar-refractivity contribution in [2.24, 2.45) is 0 Å². The maximum absolute atomic E-state index is 12.1. The summed E-state index contributed by atoms with van der Waals surface area (Å²) in [6.07, 6.45) is -0.768. The summed E-state index contributed by atoms with van der Waals surface area (Å²) in [6, 6.07) is -0.816. The molecule has 0 amide bonds. The minimum absolute atomic E-state index is 0. The Labute approximate surface area is 225 Å². The first-order valence-electron chi connectivity index (χ1n) is 8.88. The molecule has 1 aliphatic heterocycles. The van der Waals surface area contributed by atoms with Crippen molar-refractivity contribution in [3.63, 3.8) is 0 Å². The van der Waals surface area contributed by atoms with Gasteiger partial charge in [-0.05, 0) is 13.8 Å². The van der Waals surface area contributed by atoms with Crippen LogP contribution in [0.2, 0.25) is 0 Å². The average molecular weight is 489 g/mol. The molecule has 1 fully saturated rings. The smallest absolute Gasteiger partial charge is 0.790 e. The molecular formula is C16H18N3Na2O10P. The molecule has 2 aromatic rings. The van der Waals surface area contributed by atoms with Gasteiger partial charge >= 0.3 is 64.8 Å². The van der Waals surface area contributed by atoms with E-state index in [2.05, 4.69) is 14.8 Å². The van der Waals surface area contributed by atoms with E-state index < -0.39 is 54.9 Å². The van der Waals surface area contributed by atoms with Crippen LogP contribution >= 0.6 is 7.82 Å². The van der Waals surface area contributed by atoms with Crippen LogP contribution in [-0.4, -0.2) is 34.9 Å². The molecule has 3 atom stereocenters. The Kier molecular flexibility index (Phi) is 10.8. The first-order valence-corrected chi connectivity index (χ1v) is 10.3. The second-order valence-corrected chi connectivity index (χ2v) is 7.79. The normalized spacial score (nSPS) is 20.4. The monoisotopic (exact) mass is 489 g/mol. The predicted octanol–water partition coefficient (Wildman–Crippen LogP) is -8.54. The number of aromatic amines is 1. The second-order valence-electron chi connectivity index (χ2n) is 6.63. The van der Waals surface area contributed by atoms with Crippen LogP contribution in [0.1, 0.15) is 25.1 Å². The van der Waals surface area contributed by atoms with E-state index in [-0.39, 0.29) is 89.1 Å². The number of rotatable bonds is 8. The Hall–Kier alpha value is -0.570. The van der Waals surface area contributed by atoms with Gasteiger partial charge in [0.05, 0.1) is 27.1 Å². The van der Waals surface area contributed by atoms with Crippen molar-refractivity contribution in [2.75, 3.05) is 18.5 Å². The largest absolute Gasteiger partial charge is 1.00 e. The van der Waals surface area contributed by atoms with Crippen LogP contribution < -0.4 is 101 Å². The van der Waals surface area contributed by atoms with E-state index in [1.807, 2.05) is 0 Å². The topological polar surface area (TPSA) is 192 Å². The first kappa shape index (κ1) is 29.5. The van der Waals surface area contributed by atoms with E-state index in [1.54, 1.807) is 6.92 Å². The second kappa shape index (κ2) is 11.7. The Morgan fingerprint density at radius 2 is 1.91 bits per heavy atom. The van der Waals surface area contributed by atoms with Crippen LogP contribution in [0.3, 0.4) is 0 Å². The van der Waals surface area contributed by atoms with Crippen molar-refractivity contribution in [2.45, 2.75) is 38.6 Å². The Balaban J connectivity index is 0.00000256. The average Bonchev–Trinajstić information content (AvgIpc) is 3.07. The Bertz CT molecular complexity index is 1180. The van der Waals surface area contributed by atoms with E-state index in [9.17, 15) is 33.5 Å². The van der Waals surface area contributed by atoms with Gasteiger partial charge in [0.1, 0.15) is 18.0 Å². The minimum Gasteiger partial charge on any atom is -0.790 e. The molecule has 1 aromatic heterocycles. The van der Waals surface area contributed by atoms with Crippen LogP contribution in [0.4, 0.5) is 5.69 Å². The number of hydrogen-bond acceptors (Lipinski definition) is 11. The van der Waals surface area contributed by atoms with Gasteiger partial charge in [-0.3, -0.25) is 23.9 Å². The number of hydrogen-bond donors (Lipinski definition) is 2. The molecule has 1 aliphatic rings. The Morgan fingerprint density at radius 3 is 2.50 bits per heavy atom. The van der Waals surface area contributed by atoms with Gasteiger partial charge in [0.25, 0.3) is 16.4 Å². The summed E-state index contributed by atoms with van der Waals surface area (Å²) in [5.41, 5.74) is -2.85. The number of aryl methyl sites for hydroxylation is 1. The van der Waals surface area contributed by atoms with Crippen LogP contribution in [0.15, 0.2) is 25.4 Å². The fourth-order valence-corrected chi connectivity index (χ4v) is 3.47. The summed E-state index contributed by atoms with van der Waals surface area (Å²) < 4.78 is 27.0. The number of H-pyrrole nitrogens is 1. The SMILES string of the molecule is CCOc1c(N[C@H]2C[C@H](n3cc(C)c(=O)[nH]c3=O)O[C@@H]2COP(=O)([O-])[O-])c(=O)c1=O.[Na+].[Na+]. The van der Waals surface area contributed by atoms with Crippen molar-refractivity contribution in [1.82, 2.24) is 9.55 Å². The third kappa shape index (κ3) is 6.51. The molecule has 0 bridgehead atoms. The van der Waals surface area contributed by atoms with Crippen molar-refractivity contribution in [3.8, 4) is 5.75 Å². The van der Waals surface area contributed by atoms with Gasteiger partial charge in [0, 0.05) is 18.2 Å². The molecule has 1 saturated heterocycles. The number of nitrogens with zero attached hydrogens (tertiary/aromatic N) is 1. The summed E-state index contributed by atoms with van der Waals surface area (Å²) in [7, 11) is -5.31. The first-order chi connectivity index (χ1) is 14.0. The van der Waals surface area contributed by atoms with Gasteiger partial charge in [0.2, 0.25) is 0 Å². The molecule has 3 rings (SSSR count). The molecule has 0 aliphatic carbocycles. The van der Waals surface area contributed by atoms with E-state index in [1.165, 1.54) is 13.1 Å². The summed E-state index contributed by atoms with van der Waals surface area (Å²) in [4.78, 5) is 71.1. The Morgan fingerprint density at radius 1 is 1.25 bits per heavy atom. The minimum atomic E-state index is -5.31. The summed E-state index contributed by atoms with van der Waals surface area (Å²) in [5, 5.41) is 2.76. The molecule has 1 aromatic carbocycles. The van der Waals surface area contributed by atoms with E-state index >= 15 is 0 Å². The van der Waals surface area contributed by atoms with E-state index in [0.29, 0.717) is 0 Å². The molecule has 164 valence electrons. The van der Waals surface area contributed by atoms with Gasteiger partial charge in [-0.2, -0.15) is 0 Å². The molecule has 16 heteroatoms. The van der Waals surface area contributed by atoms with E-state index in [0.717, 1.165) is 4.57 Å². The van der Waals surface area contributed by atoms with Gasteiger partial charge < -0.3 is 33.7 Å². The van der Waals surface area contributed by atoms with Gasteiger partial charge in [-0.15, -0.1) is 0 Å². The van der Waals surface area contributed by atoms with Gasteiger partial charge in [-0.1, -0.05) is 0 Å². The fourth-order valence-electron chi connectivity index (χ4n) is 3.14. The molecule has 0 radical (unpaired) electrons. The number of aromatic nitrogens is 2. The van der Waals surface area contributed by atoms with Crippen molar-refractivity contribution >= 4 is 13.5 Å². The molecule has 0 saturated carbocycles. The molecule has 2 heterocycles. The fraction of sp³-hybridized carbons (Fsp3) is 0.500. The third-order valence-electron chi connectivity index (χ3n) is 4.57. The molecule has 0 unspecified atom stereocenters. The van der Waals surface area contributed by atoms with Gasteiger partial charge in [0.15, 0.2) is 5.75 Å². The molecule has 0 spiro atoms. The summed E-state index contributed by atoms with van der Waals surface area (Å²) in [5.74, 6) is -0.166. The number of nitrogens with one attached hydrogen (secondary N) is 2. The van der Waals surface area contributed by atoms with Crippen molar-refractivity contribution in [3.05, 3.63) is 53.0 Å². The van der Waals surface area contributed by atoms with Crippen molar-refractivity contribution in [1.29, 1.82) is 0 Å².